The Morgan fingerprint density at radius 2 is 1.92 bits per heavy atom. The number of Topliss-reactive ketones (excluding diaryl/α,β-unsaturated/α-hetero) is 1. The molecule has 1 amide bonds. The zero-order valence-corrected chi connectivity index (χ0v) is 13.3. The van der Waals surface area contributed by atoms with Gasteiger partial charge in [-0.3, -0.25) is 14.5 Å². The third kappa shape index (κ3) is 2.52. The molecule has 0 saturated heterocycles. The molecule has 0 saturated carbocycles. The van der Waals surface area contributed by atoms with E-state index in [0.29, 0.717) is 17.1 Å². The molecule has 2 aromatic rings. The van der Waals surface area contributed by atoms with E-state index >= 15 is 0 Å². The van der Waals surface area contributed by atoms with Crippen molar-refractivity contribution in [3.05, 3.63) is 65.6 Å². The molecule has 0 aliphatic carbocycles. The summed E-state index contributed by atoms with van der Waals surface area (Å²) in [5.74, 6) is -0.509. The molecule has 0 unspecified atom stereocenters. The fraction of sp³-hybridized carbons (Fsp3) is 0.167. The molecule has 1 atom stereocenters. The Bertz CT molecular complexity index is 813. The van der Waals surface area contributed by atoms with Gasteiger partial charge in [0.15, 0.2) is 11.5 Å². The first kappa shape index (κ1) is 15.7. The molecule has 1 aliphatic heterocycles. The number of anilines is 1. The summed E-state index contributed by atoms with van der Waals surface area (Å²) in [4.78, 5) is 30.1. The number of carbonyl (C=O) groups is 2. The third-order valence-corrected chi connectivity index (χ3v) is 3.92. The van der Waals surface area contributed by atoms with Gasteiger partial charge in [0.25, 0.3) is 5.91 Å². The summed E-state index contributed by atoms with van der Waals surface area (Å²) in [5.41, 5.74) is 0.750. The first-order chi connectivity index (χ1) is 11.5. The summed E-state index contributed by atoms with van der Waals surface area (Å²) in [7, 11) is 1.56. The van der Waals surface area contributed by atoms with Crippen molar-refractivity contribution < 1.29 is 19.4 Å². The van der Waals surface area contributed by atoms with Gasteiger partial charge in [0.2, 0.25) is 0 Å². The van der Waals surface area contributed by atoms with Gasteiger partial charge < -0.3 is 9.84 Å². The van der Waals surface area contributed by atoms with Crippen molar-refractivity contribution in [2.24, 2.45) is 0 Å². The van der Waals surface area contributed by atoms with Crippen molar-refractivity contribution in [3.8, 4) is 5.75 Å². The summed E-state index contributed by atoms with van der Waals surface area (Å²) in [6.45, 7) is 1.33. The lowest BCUT2D eigenvalue weighted by atomic mass is 9.96. The molecule has 0 spiro atoms. The van der Waals surface area contributed by atoms with E-state index in [4.69, 9.17) is 4.74 Å². The summed E-state index contributed by atoms with van der Waals surface area (Å²) >= 11 is 0. The lowest BCUT2D eigenvalue weighted by molar-refractivity contribution is -0.117. The Balaban J connectivity index is 2.14. The van der Waals surface area contributed by atoms with Crippen molar-refractivity contribution in [1.82, 2.24) is 4.98 Å². The van der Waals surface area contributed by atoms with E-state index in [1.807, 2.05) is 0 Å². The van der Waals surface area contributed by atoms with Gasteiger partial charge in [0, 0.05) is 6.20 Å². The maximum atomic E-state index is 12.5. The molecule has 1 aliphatic rings. The summed E-state index contributed by atoms with van der Waals surface area (Å²) in [6, 6.07) is 11.4. The van der Waals surface area contributed by atoms with Crippen molar-refractivity contribution in [1.29, 1.82) is 0 Å². The SMILES string of the molecule is COc1ccc([C@H]2C(C(C)=O)=C(O)C(=O)N2c2ccccn2)cc1. The van der Waals surface area contributed by atoms with Crippen LogP contribution >= 0.6 is 0 Å². The molecule has 6 nitrogen and oxygen atoms in total. The number of ketones is 1. The topological polar surface area (TPSA) is 79.7 Å². The Morgan fingerprint density at radius 1 is 1.21 bits per heavy atom. The number of hydrogen-bond donors (Lipinski definition) is 1. The second-order valence-electron chi connectivity index (χ2n) is 5.36. The predicted molar refractivity (Wildman–Crippen MR) is 87.8 cm³/mol. The first-order valence-corrected chi connectivity index (χ1v) is 7.37. The lowest BCUT2D eigenvalue weighted by Gasteiger charge is -2.25. The van der Waals surface area contributed by atoms with Gasteiger partial charge in [-0.05, 0) is 36.8 Å². The number of aliphatic hydroxyl groups excluding tert-OH is 1. The molecule has 1 N–H and O–H groups in total. The van der Waals surface area contributed by atoms with Crippen LogP contribution in [-0.2, 0) is 9.59 Å². The van der Waals surface area contributed by atoms with Crippen molar-refractivity contribution in [2.75, 3.05) is 12.0 Å². The van der Waals surface area contributed by atoms with Gasteiger partial charge in [-0.15, -0.1) is 0 Å². The number of aromatic nitrogens is 1. The number of nitrogens with zero attached hydrogens (tertiary/aromatic N) is 2. The molecule has 122 valence electrons. The largest absolute Gasteiger partial charge is 0.503 e. The molecule has 1 aromatic carbocycles. The standard InChI is InChI=1S/C18H16N2O4/c1-11(21)15-16(12-6-8-13(24-2)9-7-12)20(18(23)17(15)22)14-5-3-4-10-19-14/h3-10,16,22H,1-2H3/t16-/m0/s1. The van der Waals surface area contributed by atoms with E-state index in [2.05, 4.69) is 4.98 Å². The van der Waals surface area contributed by atoms with Crippen LogP contribution in [0.3, 0.4) is 0 Å². The molecule has 1 aromatic heterocycles. The van der Waals surface area contributed by atoms with Gasteiger partial charge in [0.05, 0.1) is 18.7 Å². The quantitative estimate of drug-likeness (QED) is 0.935. The fourth-order valence-corrected chi connectivity index (χ4v) is 2.80. The number of aliphatic hydroxyl groups is 1. The fourth-order valence-electron chi connectivity index (χ4n) is 2.80. The number of hydrogen-bond acceptors (Lipinski definition) is 5. The minimum Gasteiger partial charge on any atom is -0.503 e. The molecular weight excluding hydrogens is 308 g/mol. The number of methoxy groups -OCH3 is 1. The number of pyridine rings is 1. The normalized spacial score (nSPS) is 17.3. The highest BCUT2D eigenvalue weighted by molar-refractivity contribution is 6.15. The summed E-state index contributed by atoms with van der Waals surface area (Å²) in [6.07, 6.45) is 1.55. The molecule has 0 fully saturated rings. The molecule has 2 heterocycles. The van der Waals surface area contributed by atoms with Gasteiger partial charge in [-0.1, -0.05) is 18.2 Å². The zero-order chi connectivity index (χ0) is 17.3. The van der Waals surface area contributed by atoms with E-state index in [0.717, 1.165) is 0 Å². The lowest BCUT2D eigenvalue weighted by Crippen LogP contribution is -2.31. The van der Waals surface area contributed by atoms with Crippen LogP contribution in [0.25, 0.3) is 0 Å². The number of rotatable bonds is 4. The van der Waals surface area contributed by atoms with Gasteiger partial charge in [-0.2, -0.15) is 0 Å². The monoisotopic (exact) mass is 324 g/mol. The molecular formula is C18H16N2O4. The number of carbonyl (C=O) groups excluding carboxylic acids is 2. The number of ether oxygens (including phenoxy) is 1. The van der Waals surface area contributed by atoms with Gasteiger partial charge in [0.1, 0.15) is 11.6 Å². The van der Waals surface area contributed by atoms with Crippen molar-refractivity contribution in [2.45, 2.75) is 13.0 Å². The van der Waals surface area contributed by atoms with Crippen molar-refractivity contribution >= 4 is 17.5 Å². The highest BCUT2D eigenvalue weighted by Crippen LogP contribution is 2.40. The highest BCUT2D eigenvalue weighted by Gasteiger charge is 2.43. The Morgan fingerprint density at radius 3 is 2.46 bits per heavy atom. The van der Waals surface area contributed by atoms with Crippen LogP contribution in [0.5, 0.6) is 5.75 Å². The van der Waals surface area contributed by atoms with Crippen LogP contribution in [0.1, 0.15) is 18.5 Å². The van der Waals surface area contributed by atoms with E-state index in [1.54, 1.807) is 55.8 Å². The first-order valence-electron chi connectivity index (χ1n) is 7.37. The van der Waals surface area contributed by atoms with Gasteiger partial charge >= 0.3 is 0 Å². The van der Waals surface area contributed by atoms with Crippen LogP contribution in [-0.4, -0.2) is 28.9 Å². The Hall–Kier alpha value is -3.15. The predicted octanol–water partition coefficient (Wildman–Crippen LogP) is 2.58. The van der Waals surface area contributed by atoms with E-state index in [-0.39, 0.29) is 11.4 Å². The van der Waals surface area contributed by atoms with Crippen LogP contribution < -0.4 is 9.64 Å². The average Bonchev–Trinajstić information content (AvgIpc) is 2.87. The molecule has 3 rings (SSSR count). The van der Waals surface area contributed by atoms with E-state index in [9.17, 15) is 14.7 Å². The second kappa shape index (κ2) is 6.16. The minimum atomic E-state index is -0.726. The van der Waals surface area contributed by atoms with Gasteiger partial charge in [-0.25, -0.2) is 4.98 Å². The van der Waals surface area contributed by atoms with E-state index in [1.165, 1.54) is 11.8 Å². The highest BCUT2D eigenvalue weighted by atomic mass is 16.5. The minimum absolute atomic E-state index is 0.0656. The van der Waals surface area contributed by atoms with Crippen LogP contribution in [0.2, 0.25) is 0 Å². The zero-order valence-electron chi connectivity index (χ0n) is 13.3. The third-order valence-electron chi connectivity index (χ3n) is 3.92. The second-order valence-corrected chi connectivity index (χ2v) is 5.36. The van der Waals surface area contributed by atoms with Crippen LogP contribution in [0.15, 0.2) is 60.0 Å². The Labute approximate surface area is 139 Å². The van der Waals surface area contributed by atoms with Crippen LogP contribution in [0.4, 0.5) is 5.82 Å². The maximum absolute atomic E-state index is 12.5. The summed E-state index contributed by atoms with van der Waals surface area (Å²) < 4.78 is 5.14. The smallest absolute Gasteiger partial charge is 0.295 e. The average molecular weight is 324 g/mol. The summed E-state index contributed by atoms with van der Waals surface area (Å²) in [5, 5.41) is 10.2. The maximum Gasteiger partial charge on any atom is 0.295 e. The molecule has 0 bridgehead atoms. The van der Waals surface area contributed by atoms with E-state index < -0.39 is 17.7 Å². The van der Waals surface area contributed by atoms with Crippen LogP contribution in [0, 0.1) is 0 Å². The number of benzene rings is 1. The molecule has 24 heavy (non-hydrogen) atoms. The Kier molecular flexibility index (Phi) is 4.04. The molecule has 6 heteroatoms. The number of amides is 1. The van der Waals surface area contributed by atoms with Crippen molar-refractivity contribution in [3.63, 3.8) is 0 Å². The molecule has 0 radical (unpaired) electrons.